The third kappa shape index (κ3) is 3.31. The van der Waals surface area contributed by atoms with Crippen LogP contribution >= 0.6 is 12.4 Å². The smallest absolute Gasteiger partial charge is 0.242 e. The molecule has 2 rings (SSSR count). The van der Waals surface area contributed by atoms with Gasteiger partial charge in [-0.3, -0.25) is 4.79 Å². The number of hydrogen-bond donors (Lipinski definition) is 1. The van der Waals surface area contributed by atoms with E-state index >= 15 is 0 Å². The van der Waals surface area contributed by atoms with Gasteiger partial charge in [0.1, 0.15) is 6.04 Å². The summed E-state index contributed by atoms with van der Waals surface area (Å²) in [7, 11) is 2.09. The Morgan fingerprint density at radius 3 is 2.56 bits per heavy atom. The highest BCUT2D eigenvalue weighted by Gasteiger charge is 2.27. The Hall–Kier alpha value is -0.360. The van der Waals surface area contributed by atoms with Crippen molar-refractivity contribution < 1.29 is 9.53 Å². The standard InChI is InChI=1S/C10H19N3O2.ClH/c1-12-3-5-13(6-4-12)10(14)9-8-15-7-2-11-9;/h9,11H,2-8H2,1H3;1H. The minimum absolute atomic E-state index is 0. The van der Waals surface area contributed by atoms with Gasteiger partial charge >= 0.3 is 0 Å². The Kier molecular flexibility index (Phi) is 5.48. The Balaban J connectivity index is 0.00000128. The van der Waals surface area contributed by atoms with Gasteiger partial charge in [0.05, 0.1) is 13.2 Å². The van der Waals surface area contributed by atoms with Crippen molar-refractivity contribution in [2.24, 2.45) is 0 Å². The molecule has 1 atom stereocenters. The Morgan fingerprint density at radius 1 is 1.31 bits per heavy atom. The summed E-state index contributed by atoms with van der Waals surface area (Å²) >= 11 is 0. The highest BCUT2D eigenvalue weighted by molar-refractivity contribution is 5.85. The molecule has 16 heavy (non-hydrogen) atoms. The largest absolute Gasteiger partial charge is 0.378 e. The lowest BCUT2D eigenvalue weighted by Crippen LogP contribution is -2.56. The van der Waals surface area contributed by atoms with Crippen LogP contribution in [0.5, 0.6) is 0 Å². The summed E-state index contributed by atoms with van der Waals surface area (Å²) in [5.41, 5.74) is 0. The lowest BCUT2D eigenvalue weighted by Gasteiger charge is -2.35. The number of carbonyl (C=O) groups excluding carboxylic acids is 1. The molecule has 1 unspecified atom stereocenters. The average Bonchev–Trinajstić information content (AvgIpc) is 2.30. The van der Waals surface area contributed by atoms with Gasteiger partial charge in [-0.15, -0.1) is 12.4 Å². The van der Waals surface area contributed by atoms with Crippen LogP contribution in [-0.4, -0.2) is 74.7 Å². The summed E-state index contributed by atoms with van der Waals surface area (Å²) in [4.78, 5) is 16.2. The van der Waals surface area contributed by atoms with Crippen LogP contribution in [-0.2, 0) is 9.53 Å². The predicted octanol–water partition coefficient (Wildman–Crippen LogP) is -0.829. The molecule has 2 heterocycles. The zero-order valence-corrected chi connectivity index (χ0v) is 10.5. The third-order valence-electron chi connectivity index (χ3n) is 3.03. The molecule has 0 spiro atoms. The number of hydrogen-bond acceptors (Lipinski definition) is 4. The molecule has 0 saturated carbocycles. The van der Waals surface area contributed by atoms with Crippen molar-refractivity contribution in [3.8, 4) is 0 Å². The van der Waals surface area contributed by atoms with E-state index < -0.39 is 0 Å². The summed E-state index contributed by atoms with van der Waals surface area (Å²) in [6, 6.07) is -0.123. The fourth-order valence-corrected chi connectivity index (χ4v) is 1.97. The molecule has 2 aliphatic rings. The quantitative estimate of drug-likeness (QED) is 0.659. The molecule has 2 saturated heterocycles. The van der Waals surface area contributed by atoms with E-state index in [2.05, 4.69) is 17.3 Å². The number of rotatable bonds is 1. The van der Waals surface area contributed by atoms with Crippen LogP contribution in [0.15, 0.2) is 0 Å². The van der Waals surface area contributed by atoms with Crippen molar-refractivity contribution in [1.29, 1.82) is 0 Å². The number of morpholine rings is 1. The number of nitrogens with one attached hydrogen (secondary N) is 1. The van der Waals surface area contributed by atoms with Crippen molar-refractivity contribution in [2.75, 3.05) is 53.0 Å². The second kappa shape index (κ2) is 6.39. The minimum atomic E-state index is -0.123. The number of amides is 1. The van der Waals surface area contributed by atoms with Crippen LogP contribution in [0.1, 0.15) is 0 Å². The predicted molar refractivity (Wildman–Crippen MR) is 63.9 cm³/mol. The molecule has 2 fully saturated rings. The van der Waals surface area contributed by atoms with Crippen LogP contribution in [0.25, 0.3) is 0 Å². The molecule has 0 aliphatic carbocycles. The second-order valence-electron chi connectivity index (χ2n) is 4.21. The maximum absolute atomic E-state index is 12.0. The Labute approximate surface area is 103 Å². The van der Waals surface area contributed by atoms with Crippen LogP contribution < -0.4 is 5.32 Å². The second-order valence-corrected chi connectivity index (χ2v) is 4.21. The molecule has 1 N–H and O–H groups in total. The normalized spacial score (nSPS) is 27.3. The van der Waals surface area contributed by atoms with E-state index in [0.29, 0.717) is 13.2 Å². The number of carbonyl (C=O) groups is 1. The lowest BCUT2D eigenvalue weighted by atomic mass is 10.2. The molecular formula is C10H20ClN3O2. The van der Waals surface area contributed by atoms with Crippen molar-refractivity contribution in [1.82, 2.24) is 15.1 Å². The summed E-state index contributed by atoms with van der Waals surface area (Å²) in [6.07, 6.45) is 0. The van der Waals surface area contributed by atoms with E-state index in [1.54, 1.807) is 0 Å². The van der Waals surface area contributed by atoms with E-state index in [0.717, 1.165) is 32.7 Å². The number of ether oxygens (including phenoxy) is 1. The van der Waals surface area contributed by atoms with E-state index in [1.165, 1.54) is 0 Å². The monoisotopic (exact) mass is 249 g/mol. The zero-order valence-electron chi connectivity index (χ0n) is 9.65. The first-order valence-corrected chi connectivity index (χ1v) is 5.56. The molecule has 0 aromatic rings. The highest BCUT2D eigenvalue weighted by atomic mass is 35.5. The number of likely N-dealkylation sites (N-methyl/N-ethyl adjacent to an activating group) is 1. The van der Waals surface area contributed by atoms with Crippen molar-refractivity contribution in [3.63, 3.8) is 0 Å². The number of nitrogens with zero attached hydrogens (tertiary/aromatic N) is 2. The van der Waals surface area contributed by atoms with Crippen molar-refractivity contribution in [2.45, 2.75) is 6.04 Å². The van der Waals surface area contributed by atoms with E-state index in [4.69, 9.17) is 4.74 Å². The van der Waals surface area contributed by atoms with Gasteiger partial charge in [0, 0.05) is 32.7 Å². The molecule has 0 aromatic carbocycles. The van der Waals surface area contributed by atoms with E-state index in [-0.39, 0.29) is 24.4 Å². The Bertz CT molecular complexity index is 226. The molecule has 6 heteroatoms. The Morgan fingerprint density at radius 2 is 2.00 bits per heavy atom. The third-order valence-corrected chi connectivity index (χ3v) is 3.03. The van der Waals surface area contributed by atoms with Crippen LogP contribution in [0.4, 0.5) is 0 Å². The molecule has 1 amide bonds. The van der Waals surface area contributed by atoms with Gasteiger partial charge in [-0.25, -0.2) is 0 Å². The summed E-state index contributed by atoms with van der Waals surface area (Å²) in [5.74, 6) is 0.197. The van der Waals surface area contributed by atoms with Gasteiger partial charge in [0.25, 0.3) is 0 Å². The van der Waals surface area contributed by atoms with E-state index in [1.807, 2.05) is 4.90 Å². The first-order chi connectivity index (χ1) is 7.27. The van der Waals surface area contributed by atoms with E-state index in [9.17, 15) is 4.79 Å². The van der Waals surface area contributed by atoms with Gasteiger partial charge in [0.15, 0.2) is 0 Å². The highest BCUT2D eigenvalue weighted by Crippen LogP contribution is 2.04. The number of halogens is 1. The molecule has 0 bridgehead atoms. The summed E-state index contributed by atoms with van der Waals surface area (Å²) < 4.78 is 5.29. The van der Waals surface area contributed by atoms with Gasteiger partial charge in [-0.05, 0) is 7.05 Å². The summed E-state index contributed by atoms with van der Waals surface area (Å²) in [6.45, 7) is 5.64. The van der Waals surface area contributed by atoms with Crippen molar-refractivity contribution in [3.05, 3.63) is 0 Å². The van der Waals surface area contributed by atoms with Crippen LogP contribution in [0.2, 0.25) is 0 Å². The average molecular weight is 250 g/mol. The first kappa shape index (κ1) is 13.7. The number of piperazine rings is 1. The van der Waals surface area contributed by atoms with Crippen LogP contribution in [0.3, 0.4) is 0 Å². The minimum Gasteiger partial charge on any atom is -0.378 e. The molecule has 0 radical (unpaired) electrons. The maximum Gasteiger partial charge on any atom is 0.242 e. The SMILES string of the molecule is CN1CCN(C(=O)C2COCCN2)CC1.Cl. The van der Waals surface area contributed by atoms with Gasteiger partial charge in [-0.2, -0.15) is 0 Å². The molecule has 5 nitrogen and oxygen atoms in total. The molecule has 0 aromatic heterocycles. The summed E-state index contributed by atoms with van der Waals surface area (Å²) in [5, 5.41) is 3.20. The van der Waals surface area contributed by atoms with Crippen molar-refractivity contribution >= 4 is 18.3 Å². The molecule has 94 valence electrons. The maximum atomic E-state index is 12.0. The molecule has 2 aliphatic heterocycles. The van der Waals surface area contributed by atoms with Crippen LogP contribution in [0, 0.1) is 0 Å². The fraction of sp³-hybridized carbons (Fsp3) is 0.900. The first-order valence-electron chi connectivity index (χ1n) is 5.56. The molecular weight excluding hydrogens is 230 g/mol. The zero-order chi connectivity index (χ0) is 10.7. The lowest BCUT2D eigenvalue weighted by molar-refractivity contribution is -0.137. The topological polar surface area (TPSA) is 44.8 Å². The van der Waals surface area contributed by atoms with Gasteiger partial charge in [-0.1, -0.05) is 0 Å². The van der Waals surface area contributed by atoms with Gasteiger partial charge in [0.2, 0.25) is 5.91 Å². The fourth-order valence-electron chi connectivity index (χ4n) is 1.97. The van der Waals surface area contributed by atoms with Gasteiger partial charge < -0.3 is 19.9 Å².